The van der Waals surface area contributed by atoms with E-state index in [4.69, 9.17) is 4.74 Å². The highest BCUT2D eigenvalue weighted by Crippen LogP contribution is 2.33. The summed E-state index contributed by atoms with van der Waals surface area (Å²) >= 11 is 0. The Morgan fingerprint density at radius 2 is 2.29 bits per heavy atom. The van der Waals surface area contributed by atoms with Crippen molar-refractivity contribution in [2.75, 3.05) is 13.2 Å². The number of fused-ring (bicyclic) bond motifs is 1. The third kappa shape index (κ3) is 2.54. The Hall–Kier alpha value is -1.65. The molecular weight excluding hydrogens is 230 g/mol. The predicted octanol–water partition coefficient (Wildman–Crippen LogP) is 2.28. The zero-order valence-electron chi connectivity index (χ0n) is 9.33. The van der Waals surface area contributed by atoms with E-state index in [0.29, 0.717) is 18.8 Å². The van der Waals surface area contributed by atoms with Gasteiger partial charge in [0.15, 0.2) is 6.61 Å². The van der Waals surface area contributed by atoms with Crippen molar-refractivity contribution in [3.8, 4) is 5.75 Å². The standard InChI is InChI=1S/C12H12F2O3/c1-8(15)17-7-12(13,14)10-2-3-11-9(6-10)4-5-16-11/h2-3,6H,4-5,7H2,1H3. The van der Waals surface area contributed by atoms with Crippen LogP contribution in [0.5, 0.6) is 5.75 Å². The molecule has 1 aliphatic rings. The van der Waals surface area contributed by atoms with E-state index in [1.165, 1.54) is 18.2 Å². The molecule has 0 bridgehead atoms. The molecule has 0 aliphatic carbocycles. The highest BCUT2D eigenvalue weighted by molar-refractivity contribution is 5.66. The number of rotatable bonds is 3. The molecule has 3 nitrogen and oxygen atoms in total. The van der Waals surface area contributed by atoms with Gasteiger partial charge in [0.25, 0.3) is 0 Å². The molecule has 0 spiro atoms. The number of alkyl halides is 2. The summed E-state index contributed by atoms with van der Waals surface area (Å²) in [6.45, 7) is 0.697. The third-order valence-corrected chi connectivity index (χ3v) is 2.57. The van der Waals surface area contributed by atoms with E-state index in [2.05, 4.69) is 4.74 Å². The van der Waals surface area contributed by atoms with E-state index in [-0.39, 0.29) is 5.56 Å². The summed E-state index contributed by atoms with van der Waals surface area (Å²) in [5.41, 5.74) is 0.619. The molecule has 0 unspecified atom stereocenters. The van der Waals surface area contributed by atoms with Gasteiger partial charge in [-0.25, -0.2) is 0 Å². The van der Waals surface area contributed by atoms with Crippen LogP contribution in [0.4, 0.5) is 8.78 Å². The summed E-state index contributed by atoms with van der Waals surface area (Å²) in [5.74, 6) is -3.23. The van der Waals surface area contributed by atoms with Gasteiger partial charge in [0.2, 0.25) is 0 Å². The Balaban J connectivity index is 2.18. The van der Waals surface area contributed by atoms with Gasteiger partial charge < -0.3 is 9.47 Å². The minimum Gasteiger partial charge on any atom is -0.493 e. The highest BCUT2D eigenvalue weighted by atomic mass is 19.3. The van der Waals surface area contributed by atoms with Gasteiger partial charge in [-0.1, -0.05) is 0 Å². The van der Waals surface area contributed by atoms with Gasteiger partial charge in [0.1, 0.15) is 5.75 Å². The third-order valence-electron chi connectivity index (χ3n) is 2.57. The van der Waals surface area contributed by atoms with Crippen LogP contribution >= 0.6 is 0 Å². The predicted molar refractivity (Wildman–Crippen MR) is 56.2 cm³/mol. The summed E-state index contributed by atoms with van der Waals surface area (Å²) < 4.78 is 36.9. The maximum Gasteiger partial charge on any atom is 0.306 e. The van der Waals surface area contributed by atoms with E-state index < -0.39 is 18.5 Å². The minimum absolute atomic E-state index is 0.150. The lowest BCUT2D eigenvalue weighted by Crippen LogP contribution is -2.22. The molecule has 92 valence electrons. The maximum atomic E-state index is 13.7. The molecule has 2 rings (SSSR count). The van der Waals surface area contributed by atoms with Crippen molar-refractivity contribution in [2.45, 2.75) is 19.3 Å². The molecule has 0 fully saturated rings. The first-order valence-electron chi connectivity index (χ1n) is 5.26. The number of ether oxygens (including phenoxy) is 2. The fourth-order valence-electron chi connectivity index (χ4n) is 1.69. The van der Waals surface area contributed by atoms with Gasteiger partial charge in [0.05, 0.1) is 6.61 Å². The van der Waals surface area contributed by atoms with Crippen LogP contribution in [0.1, 0.15) is 18.1 Å². The summed E-state index contributed by atoms with van der Waals surface area (Å²) in [7, 11) is 0. The number of benzene rings is 1. The SMILES string of the molecule is CC(=O)OCC(F)(F)c1ccc2c(c1)CCO2. The molecule has 0 amide bonds. The van der Waals surface area contributed by atoms with E-state index >= 15 is 0 Å². The van der Waals surface area contributed by atoms with E-state index in [1.807, 2.05) is 0 Å². The molecule has 0 saturated carbocycles. The Labute approximate surface area is 97.3 Å². The van der Waals surface area contributed by atoms with Crippen molar-refractivity contribution in [2.24, 2.45) is 0 Å². The monoisotopic (exact) mass is 242 g/mol. The van der Waals surface area contributed by atoms with Crippen LogP contribution in [-0.2, 0) is 21.9 Å². The molecule has 0 radical (unpaired) electrons. The lowest BCUT2D eigenvalue weighted by molar-refractivity contribution is -0.153. The number of hydrogen-bond donors (Lipinski definition) is 0. The van der Waals surface area contributed by atoms with E-state index in [1.54, 1.807) is 0 Å². The second kappa shape index (κ2) is 4.31. The van der Waals surface area contributed by atoms with Crippen molar-refractivity contribution in [3.63, 3.8) is 0 Å². The average Bonchev–Trinajstić information content (AvgIpc) is 2.73. The zero-order chi connectivity index (χ0) is 12.5. The Morgan fingerprint density at radius 1 is 1.53 bits per heavy atom. The molecule has 0 N–H and O–H groups in total. The quantitative estimate of drug-likeness (QED) is 0.763. The van der Waals surface area contributed by atoms with Crippen LogP contribution < -0.4 is 4.74 Å². The average molecular weight is 242 g/mol. The Morgan fingerprint density at radius 3 is 3.00 bits per heavy atom. The molecule has 1 aliphatic heterocycles. The topological polar surface area (TPSA) is 35.5 Å². The summed E-state index contributed by atoms with van der Waals surface area (Å²) in [4.78, 5) is 10.5. The molecule has 0 atom stereocenters. The highest BCUT2D eigenvalue weighted by Gasteiger charge is 2.34. The Kier molecular flexibility index (Phi) is 3.00. The first-order valence-corrected chi connectivity index (χ1v) is 5.26. The maximum absolute atomic E-state index is 13.7. The van der Waals surface area contributed by atoms with Crippen LogP contribution in [0.2, 0.25) is 0 Å². The lowest BCUT2D eigenvalue weighted by Gasteiger charge is -2.16. The summed E-state index contributed by atoms with van der Waals surface area (Å²) in [5, 5.41) is 0. The Bertz CT molecular complexity index is 443. The number of hydrogen-bond acceptors (Lipinski definition) is 3. The van der Waals surface area contributed by atoms with Gasteiger partial charge >= 0.3 is 11.9 Å². The molecule has 1 aromatic carbocycles. The molecular formula is C12H12F2O3. The van der Waals surface area contributed by atoms with Gasteiger partial charge in [-0.3, -0.25) is 4.79 Å². The zero-order valence-corrected chi connectivity index (χ0v) is 9.33. The fourth-order valence-corrected chi connectivity index (χ4v) is 1.69. The molecule has 0 aromatic heterocycles. The van der Waals surface area contributed by atoms with Crippen LogP contribution in [0, 0.1) is 0 Å². The first kappa shape index (κ1) is 11.8. The van der Waals surface area contributed by atoms with Gasteiger partial charge in [-0.2, -0.15) is 8.78 Å². The number of carbonyl (C=O) groups is 1. The second-order valence-corrected chi connectivity index (χ2v) is 3.91. The number of esters is 1. The summed E-state index contributed by atoms with van der Waals surface area (Å²) in [6, 6.07) is 4.23. The normalized spacial score (nSPS) is 14.1. The van der Waals surface area contributed by atoms with Crippen LogP contribution in [0.3, 0.4) is 0 Å². The van der Waals surface area contributed by atoms with E-state index in [0.717, 1.165) is 12.5 Å². The van der Waals surface area contributed by atoms with Gasteiger partial charge in [-0.05, 0) is 23.8 Å². The van der Waals surface area contributed by atoms with Gasteiger partial charge in [-0.15, -0.1) is 0 Å². The second-order valence-electron chi connectivity index (χ2n) is 3.91. The van der Waals surface area contributed by atoms with Crippen LogP contribution in [-0.4, -0.2) is 19.2 Å². The van der Waals surface area contributed by atoms with Crippen LogP contribution in [0.25, 0.3) is 0 Å². The van der Waals surface area contributed by atoms with Crippen molar-refractivity contribution in [3.05, 3.63) is 29.3 Å². The molecule has 5 heteroatoms. The van der Waals surface area contributed by atoms with Crippen LogP contribution in [0.15, 0.2) is 18.2 Å². The number of halogens is 2. The van der Waals surface area contributed by atoms with Gasteiger partial charge in [0, 0.05) is 18.9 Å². The molecule has 1 aromatic rings. The van der Waals surface area contributed by atoms with Crippen molar-refractivity contribution in [1.29, 1.82) is 0 Å². The largest absolute Gasteiger partial charge is 0.493 e. The summed E-state index contributed by atoms with van der Waals surface area (Å²) in [6.07, 6.45) is 0.632. The molecule has 1 heterocycles. The smallest absolute Gasteiger partial charge is 0.306 e. The first-order chi connectivity index (χ1) is 7.99. The van der Waals surface area contributed by atoms with Crippen molar-refractivity contribution < 1.29 is 23.0 Å². The van der Waals surface area contributed by atoms with E-state index in [9.17, 15) is 13.6 Å². The van der Waals surface area contributed by atoms with Crippen molar-refractivity contribution >= 4 is 5.97 Å². The fraction of sp³-hybridized carbons (Fsp3) is 0.417. The minimum atomic E-state index is -3.16. The van der Waals surface area contributed by atoms with Crippen molar-refractivity contribution in [1.82, 2.24) is 0 Å². The molecule has 0 saturated heterocycles. The molecule has 17 heavy (non-hydrogen) atoms. The number of carbonyl (C=O) groups excluding carboxylic acids is 1. The lowest BCUT2D eigenvalue weighted by atomic mass is 10.0.